The van der Waals surface area contributed by atoms with Gasteiger partial charge in [-0.1, -0.05) is 71.7 Å². The van der Waals surface area contributed by atoms with Crippen LogP contribution < -0.4 is 4.74 Å². The largest absolute Gasteiger partial charge is 0.497 e. The fourth-order valence-corrected chi connectivity index (χ4v) is 5.41. The van der Waals surface area contributed by atoms with E-state index in [1.807, 2.05) is 89.8 Å². The van der Waals surface area contributed by atoms with Gasteiger partial charge >= 0.3 is 0 Å². The third-order valence-electron chi connectivity index (χ3n) is 6.75. The predicted molar refractivity (Wildman–Crippen MR) is 160 cm³/mol. The van der Waals surface area contributed by atoms with Crippen LogP contribution in [0.2, 0.25) is 10.0 Å². The highest BCUT2D eigenvalue weighted by atomic mass is 127. The molecule has 3 unspecified atom stereocenters. The van der Waals surface area contributed by atoms with E-state index in [4.69, 9.17) is 32.7 Å². The van der Waals surface area contributed by atoms with E-state index in [1.165, 1.54) is 0 Å². The maximum Gasteiger partial charge on any atom is 0.253 e. The highest BCUT2D eigenvalue weighted by Crippen LogP contribution is 2.43. The molecule has 0 bridgehead atoms. The molecule has 38 heavy (non-hydrogen) atoms. The minimum atomic E-state index is -0.641. The van der Waals surface area contributed by atoms with Crippen molar-refractivity contribution in [1.29, 1.82) is 0 Å². The van der Waals surface area contributed by atoms with Crippen LogP contribution in [0.4, 0.5) is 0 Å². The Hall–Kier alpha value is -2.58. The summed E-state index contributed by atoms with van der Waals surface area (Å²) in [6.45, 7) is 0.423. The van der Waals surface area contributed by atoms with Gasteiger partial charge in [-0.05, 0) is 93.4 Å². The SMILES string of the molecule is COc1ccc(CN2C(=O)C(Cc3ccc(I)cc3)OC(c3ccc(Cl)cc3)C2c2ccc(Cl)cc2)cc1. The Morgan fingerprint density at radius 1 is 0.789 bits per heavy atom. The molecule has 7 heteroatoms. The molecule has 194 valence electrons. The van der Waals surface area contributed by atoms with E-state index >= 15 is 0 Å². The number of benzene rings is 4. The summed E-state index contributed by atoms with van der Waals surface area (Å²) in [5.41, 5.74) is 3.95. The number of rotatable bonds is 7. The second-order valence-corrected chi connectivity index (χ2v) is 11.4. The standard InChI is InChI=1S/C31H26Cl2INO3/c1-37-27-16-4-21(5-17-27)19-35-29(22-6-10-24(32)11-7-22)30(23-8-12-25(33)13-9-23)38-28(31(35)36)18-20-2-14-26(34)15-3-20/h2-17,28-30H,18-19H2,1H3. The first kappa shape index (κ1) is 27.0. The minimum absolute atomic E-state index is 0.0514. The van der Waals surface area contributed by atoms with E-state index in [9.17, 15) is 4.79 Å². The summed E-state index contributed by atoms with van der Waals surface area (Å²) in [4.78, 5) is 16.1. The first-order chi connectivity index (χ1) is 18.4. The summed E-state index contributed by atoms with van der Waals surface area (Å²) < 4.78 is 13.1. The van der Waals surface area contributed by atoms with Crippen molar-refractivity contribution in [3.63, 3.8) is 0 Å². The van der Waals surface area contributed by atoms with Crippen molar-refractivity contribution in [2.24, 2.45) is 0 Å². The Labute approximate surface area is 246 Å². The number of carbonyl (C=O) groups excluding carboxylic acids is 1. The first-order valence-corrected chi connectivity index (χ1v) is 14.1. The molecule has 4 aromatic carbocycles. The predicted octanol–water partition coefficient (Wildman–Crippen LogP) is 8.06. The molecule has 3 atom stereocenters. The highest BCUT2D eigenvalue weighted by molar-refractivity contribution is 14.1. The Balaban J connectivity index is 1.58. The molecular weight excluding hydrogens is 632 g/mol. The lowest BCUT2D eigenvalue weighted by Gasteiger charge is -2.45. The third-order valence-corrected chi connectivity index (χ3v) is 7.97. The number of ether oxygens (including phenoxy) is 2. The highest BCUT2D eigenvalue weighted by Gasteiger charge is 2.44. The lowest BCUT2D eigenvalue weighted by Crippen LogP contribution is -2.51. The Kier molecular flexibility index (Phi) is 8.58. The molecule has 1 saturated heterocycles. The summed E-state index contributed by atoms with van der Waals surface area (Å²) in [5.74, 6) is 0.719. The summed E-state index contributed by atoms with van der Waals surface area (Å²) in [6, 6.07) is 30.9. The summed E-state index contributed by atoms with van der Waals surface area (Å²) in [5, 5.41) is 1.28. The van der Waals surface area contributed by atoms with Crippen LogP contribution in [0.3, 0.4) is 0 Å². The fourth-order valence-electron chi connectivity index (χ4n) is 4.80. The first-order valence-electron chi connectivity index (χ1n) is 12.3. The van der Waals surface area contributed by atoms with Crippen LogP contribution in [-0.2, 0) is 22.5 Å². The van der Waals surface area contributed by atoms with Crippen molar-refractivity contribution in [3.05, 3.63) is 133 Å². The zero-order chi connectivity index (χ0) is 26.6. The number of nitrogens with zero attached hydrogens (tertiary/aromatic N) is 1. The summed E-state index contributed by atoms with van der Waals surface area (Å²) >= 11 is 14.7. The molecule has 1 aliphatic heterocycles. The number of methoxy groups -OCH3 is 1. The number of amides is 1. The van der Waals surface area contributed by atoms with Crippen molar-refractivity contribution in [2.75, 3.05) is 7.11 Å². The zero-order valence-electron chi connectivity index (χ0n) is 20.7. The van der Waals surface area contributed by atoms with Gasteiger partial charge in [-0.25, -0.2) is 0 Å². The van der Waals surface area contributed by atoms with Gasteiger partial charge in [0.2, 0.25) is 0 Å². The lowest BCUT2D eigenvalue weighted by atomic mass is 9.90. The number of halogens is 3. The van der Waals surface area contributed by atoms with Gasteiger partial charge in [0.05, 0.1) is 13.2 Å². The maximum absolute atomic E-state index is 14.1. The average Bonchev–Trinajstić information content (AvgIpc) is 2.93. The van der Waals surface area contributed by atoms with Gasteiger partial charge in [-0.3, -0.25) is 4.79 Å². The van der Waals surface area contributed by atoms with Crippen molar-refractivity contribution >= 4 is 51.7 Å². The van der Waals surface area contributed by atoms with E-state index in [-0.39, 0.29) is 11.9 Å². The molecule has 0 aromatic heterocycles. The van der Waals surface area contributed by atoms with E-state index < -0.39 is 12.2 Å². The number of hydrogen-bond donors (Lipinski definition) is 0. The summed E-state index contributed by atoms with van der Waals surface area (Å²) in [6.07, 6.45) is -0.567. The Morgan fingerprint density at radius 3 is 1.92 bits per heavy atom. The third kappa shape index (κ3) is 6.18. The molecule has 1 fully saturated rings. The fraction of sp³-hybridized carbons (Fsp3) is 0.194. The topological polar surface area (TPSA) is 38.8 Å². The molecule has 0 radical (unpaired) electrons. The van der Waals surface area contributed by atoms with Crippen molar-refractivity contribution in [1.82, 2.24) is 4.90 Å². The van der Waals surface area contributed by atoms with Gasteiger partial charge in [-0.2, -0.15) is 0 Å². The van der Waals surface area contributed by atoms with E-state index in [1.54, 1.807) is 7.11 Å². The second-order valence-electron chi connectivity index (χ2n) is 9.24. The van der Waals surface area contributed by atoms with Gasteiger partial charge in [0.25, 0.3) is 5.91 Å². The van der Waals surface area contributed by atoms with Crippen LogP contribution in [0.15, 0.2) is 97.1 Å². The Morgan fingerprint density at radius 2 is 1.34 bits per heavy atom. The number of carbonyl (C=O) groups is 1. The van der Waals surface area contributed by atoms with Crippen molar-refractivity contribution in [2.45, 2.75) is 31.2 Å². The Bertz CT molecular complexity index is 1380. The number of hydrogen-bond acceptors (Lipinski definition) is 3. The zero-order valence-corrected chi connectivity index (χ0v) is 24.4. The van der Waals surface area contributed by atoms with E-state index in [2.05, 4.69) is 34.7 Å². The van der Waals surface area contributed by atoms with Crippen LogP contribution in [-0.4, -0.2) is 24.0 Å². The monoisotopic (exact) mass is 657 g/mol. The molecule has 1 aliphatic rings. The second kappa shape index (κ2) is 12.1. The summed E-state index contributed by atoms with van der Waals surface area (Å²) in [7, 11) is 1.64. The van der Waals surface area contributed by atoms with Gasteiger partial charge in [0.1, 0.15) is 18.0 Å². The van der Waals surface area contributed by atoms with Crippen LogP contribution in [0.25, 0.3) is 0 Å². The van der Waals surface area contributed by atoms with Crippen LogP contribution in [0, 0.1) is 3.57 Å². The van der Waals surface area contributed by atoms with Crippen LogP contribution in [0.1, 0.15) is 34.4 Å². The lowest BCUT2D eigenvalue weighted by molar-refractivity contribution is -0.175. The molecular formula is C31H26Cl2INO3. The molecule has 0 saturated carbocycles. The van der Waals surface area contributed by atoms with Gasteiger partial charge < -0.3 is 14.4 Å². The van der Waals surface area contributed by atoms with Crippen molar-refractivity contribution < 1.29 is 14.3 Å². The number of morpholine rings is 1. The van der Waals surface area contributed by atoms with E-state index in [0.29, 0.717) is 23.0 Å². The smallest absolute Gasteiger partial charge is 0.253 e. The molecule has 1 heterocycles. The molecule has 0 spiro atoms. The normalized spacial score (nSPS) is 19.4. The van der Waals surface area contributed by atoms with Gasteiger partial charge in [-0.15, -0.1) is 0 Å². The van der Waals surface area contributed by atoms with Crippen molar-refractivity contribution in [3.8, 4) is 5.75 Å². The molecule has 1 amide bonds. The molecule has 4 nitrogen and oxygen atoms in total. The van der Waals surface area contributed by atoms with Gasteiger partial charge in [0.15, 0.2) is 0 Å². The quantitative estimate of drug-likeness (QED) is 0.189. The van der Waals surface area contributed by atoms with Crippen LogP contribution in [0.5, 0.6) is 5.75 Å². The minimum Gasteiger partial charge on any atom is -0.497 e. The van der Waals surface area contributed by atoms with E-state index in [0.717, 1.165) is 31.6 Å². The van der Waals surface area contributed by atoms with Gasteiger partial charge in [0, 0.05) is 26.6 Å². The molecule has 4 aromatic rings. The molecule has 0 N–H and O–H groups in total. The average molecular weight is 658 g/mol. The van der Waals surface area contributed by atoms with Crippen LogP contribution >= 0.6 is 45.8 Å². The maximum atomic E-state index is 14.1. The molecule has 5 rings (SSSR count). The molecule has 0 aliphatic carbocycles.